The third-order valence-corrected chi connectivity index (χ3v) is 2.59. The van der Waals surface area contributed by atoms with Gasteiger partial charge in [-0.3, -0.25) is 0 Å². The lowest BCUT2D eigenvalue weighted by molar-refractivity contribution is 0.579. The summed E-state index contributed by atoms with van der Waals surface area (Å²) in [5.74, 6) is 0. The zero-order valence-electron chi connectivity index (χ0n) is 7.96. The quantitative estimate of drug-likeness (QED) is 0.701. The Morgan fingerprint density at radius 1 is 1.08 bits per heavy atom. The molecule has 1 aromatic heterocycles. The van der Waals surface area contributed by atoms with Gasteiger partial charge in [-0.2, -0.15) is 0 Å². The summed E-state index contributed by atoms with van der Waals surface area (Å²) in [6.45, 7) is 4.42. The van der Waals surface area contributed by atoms with E-state index < -0.39 is 0 Å². The summed E-state index contributed by atoms with van der Waals surface area (Å²) in [4.78, 5) is 0. The van der Waals surface area contributed by atoms with Gasteiger partial charge >= 0.3 is 0 Å². The molecule has 2 heteroatoms. The summed E-state index contributed by atoms with van der Waals surface area (Å²) in [5, 5.41) is 6.02. The van der Waals surface area contributed by atoms with Crippen molar-refractivity contribution in [2.24, 2.45) is 0 Å². The van der Waals surface area contributed by atoms with Crippen molar-refractivity contribution >= 4 is 0 Å². The average Bonchev–Trinajstić information content (AvgIpc) is 2.02. The highest BCUT2D eigenvalue weighted by Gasteiger charge is 2.24. The average molecular weight is 174 g/mol. The van der Waals surface area contributed by atoms with Crippen molar-refractivity contribution in [3.05, 3.63) is 47.8 Å². The Balaban J connectivity index is 2.38. The van der Waals surface area contributed by atoms with Gasteiger partial charge in [-0.15, -0.1) is 0 Å². The Bertz CT molecular complexity index is 358. The second kappa shape index (κ2) is 2.80. The van der Waals surface area contributed by atoms with Gasteiger partial charge in [-0.25, -0.2) is 0 Å². The Hall–Kier alpha value is -1.44. The maximum absolute atomic E-state index is 3.10. The van der Waals surface area contributed by atoms with E-state index in [0.29, 0.717) is 0 Å². The molecule has 1 aromatic carbocycles. The summed E-state index contributed by atoms with van der Waals surface area (Å²) >= 11 is 0. The zero-order chi connectivity index (χ0) is 9.31. The number of hydrogen-bond donors (Lipinski definition) is 2. The molecule has 68 valence electrons. The molecule has 0 aliphatic carbocycles. The van der Waals surface area contributed by atoms with Crippen molar-refractivity contribution in [3.63, 3.8) is 0 Å². The second-order valence-electron chi connectivity index (χ2n) is 3.82. The highest BCUT2D eigenvalue weighted by atomic mass is 15.1. The lowest BCUT2D eigenvalue weighted by Crippen LogP contribution is -2.23. The van der Waals surface area contributed by atoms with E-state index in [1.54, 1.807) is 0 Å². The van der Waals surface area contributed by atoms with Gasteiger partial charge in [-0.1, -0.05) is 44.2 Å². The topological polar surface area (TPSA) is 31.6 Å². The first-order valence-electron chi connectivity index (χ1n) is 4.49. The smallest absolute Gasteiger partial charge is 0.0589 e. The minimum Gasteiger partial charge on any atom is -0.307 e. The summed E-state index contributed by atoms with van der Waals surface area (Å²) in [6.07, 6.45) is 2.01. The Kier molecular flexibility index (Phi) is 1.76. The monoisotopic (exact) mass is 174 g/mol. The van der Waals surface area contributed by atoms with E-state index >= 15 is 0 Å². The molecule has 1 heterocycles. The number of nitrogens with one attached hydrogen (secondary N) is 2. The predicted octanol–water partition coefficient (Wildman–Crippen LogP) is 2.67. The molecule has 0 radical (unpaired) electrons. The lowest BCUT2D eigenvalue weighted by Gasteiger charge is -2.26. The van der Waals surface area contributed by atoms with Gasteiger partial charge in [-0.05, 0) is 5.56 Å². The maximum atomic E-state index is 3.10. The molecule has 2 N–H and O–H groups in total. The van der Waals surface area contributed by atoms with Crippen LogP contribution in [-0.4, -0.2) is 10.2 Å². The SMILES string of the molecule is CC(C)(c1ccccc1)c1c[nH][nH]1. The minimum atomic E-state index is 0.0759. The fourth-order valence-electron chi connectivity index (χ4n) is 1.49. The second-order valence-corrected chi connectivity index (χ2v) is 3.82. The molecule has 2 nitrogen and oxygen atoms in total. The van der Waals surface area contributed by atoms with Crippen LogP contribution in [0.5, 0.6) is 0 Å². The van der Waals surface area contributed by atoms with Crippen LogP contribution in [-0.2, 0) is 5.41 Å². The third-order valence-electron chi connectivity index (χ3n) is 2.59. The highest BCUT2D eigenvalue weighted by Crippen LogP contribution is 2.29. The molecule has 0 aliphatic rings. The van der Waals surface area contributed by atoms with Gasteiger partial charge in [0.05, 0.1) is 5.69 Å². The molecule has 0 fully saturated rings. The standard InChI is InChI=1S/C11H14N2/c1-11(2,10-8-12-13-10)9-6-4-3-5-7-9/h3-8,12-13H,1-2H3. The van der Waals surface area contributed by atoms with Crippen LogP contribution in [0.1, 0.15) is 25.1 Å². The van der Waals surface area contributed by atoms with E-state index in [-0.39, 0.29) is 5.41 Å². The van der Waals surface area contributed by atoms with Crippen LogP contribution >= 0.6 is 0 Å². The molecular formula is C11H14N2. The number of aromatic nitrogens is 2. The number of benzene rings is 1. The molecule has 0 saturated carbocycles. The van der Waals surface area contributed by atoms with Crippen LogP contribution in [0.15, 0.2) is 36.5 Å². The first-order valence-corrected chi connectivity index (χ1v) is 4.49. The molecule has 0 spiro atoms. The van der Waals surface area contributed by atoms with Crippen molar-refractivity contribution in [3.8, 4) is 0 Å². The van der Waals surface area contributed by atoms with Gasteiger partial charge in [0, 0.05) is 11.6 Å². The maximum Gasteiger partial charge on any atom is 0.0589 e. The Morgan fingerprint density at radius 3 is 2.15 bits per heavy atom. The summed E-state index contributed by atoms with van der Waals surface area (Å²) in [6, 6.07) is 10.5. The number of H-pyrrole nitrogens is 2. The third kappa shape index (κ3) is 1.28. The van der Waals surface area contributed by atoms with Gasteiger partial charge in [0.15, 0.2) is 0 Å². The largest absolute Gasteiger partial charge is 0.307 e. The first kappa shape index (κ1) is 8.17. The van der Waals surface area contributed by atoms with E-state index in [9.17, 15) is 0 Å². The van der Waals surface area contributed by atoms with Gasteiger partial charge < -0.3 is 10.2 Å². The van der Waals surface area contributed by atoms with Crippen LogP contribution in [0.4, 0.5) is 0 Å². The lowest BCUT2D eigenvalue weighted by atomic mass is 9.82. The van der Waals surface area contributed by atoms with Crippen molar-refractivity contribution < 1.29 is 0 Å². The molecule has 0 aliphatic heterocycles. The van der Waals surface area contributed by atoms with Crippen molar-refractivity contribution in [1.82, 2.24) is 10.2 Å². The summed E-state index contributed by atoms with van der Waals surface area (Å²) < 4.78 is 0. The van der Waals surface area contributed by atoms with E-state index in [2.05, 4.69) is 48.3 Å². The molecule has 2 rings (SSSR count). The molecule has 0 atom stereocenters. The molecule has 13 heavy (non-hydrogen) atoms. The summed E-state index contributed by atoms with van der Waals surface area (Å²) in [5.41, 5.74) is 2.64. The van der Waals surface area contributed by atoms with Crippen molar-refractivity contribution in [1.29, 1.82) is 0 Å². The van der Waals surface area contributed by atoms with Crippen LogP contribution in [0.25, 0.3) is 0 Å². The highest BCUT2D eigenvalue weighted by molar-refractivity contribution is 5.32. The number of rotatable bonds is 2. The van der Waals surface area contributed by atoms with Crippen molar-refractivity contribution in [2.75, 3.05) is 0 Å². The molecule has 0 amide bonds. The number of hydrogen-bond acceptors (Lipinski definition) is 0. The molecular weight excluding hydrogens is 160 g/mol. The van der Waals surface area contributed by atoms with Gasteiger partial charge in [0.25, 0.3) is 0 Å². The first-order chi connectivity index (χ1) is 6.21. The Morgan fingerprint density at radius 2 is 1.69 bits per heavy atom. The number of aromatic amines is 2. The van der Waals surface area contributed by atoms with Crippen LogP contribution in [0.2, 0.25) is 0 Å². The zero-order valence-corrected chi connectivity index (χ0v) is 7.96. The van der Waals surface area contributed by atoms with Crippen LogP contribution < -0.4 is 0 Å². The van der Waals surface area contributed by atoms with Crippen LogP contribution in [0, 0.1) is 0 Å². The Labute approximate surface area is 78.0 Å². The predicted molar refractivity (Wildman–Crippen MR) is 53.7 cm³/mol. The minimum absolute atomic E-state index is 0.0759. The molecule has 0 bridgehead atoms. The van der Waals surface area contributed by atoms with E-state index in [1.165, 1.54) is 11.3 Å². The fourth-order valence-corrected chi connectivity index (χ4v) is 1.49. The molecule has 0 unspecified atom stereocenters. The van der Waals surface area contributed by atoms with E-state index in [0.717, 1.165) is 0 Å². The van der Waals surface area contributed by atoms with Crippen LogP contribution in [0.3, 0.4) is 0 Å². The van der Waals surface area contributed by atoms with Crippen molar-refractivity contribution in [2.45, 2.75) is 19.3 Å². The summed E-state index contributed by atoms with van der Waals surface area (Å²) in [7, 11) is 0. The normalized spacial score (nSPS) is 11.8. The van der Waals surface area contributed by atoms with Gasteiger partial charge in [0.2, 0.25) is 0 Å². The molecule has 2 aromatic rings. The van der Waals surface area contributed by atoms with Gasteiger partial charge in [0.1, 0.15) is 0 Å². The fraction of sp³-hybridized carbons (Fsp3) is 0.273. The molecule has 0 saturated heterocycles. The van der Waals surface area contributed by atoms with E-state index in [4.69, 9.17) is 0 Å². The van der Waals surface area contributed by atoms with E-state index in [1.807, 2.05) is 12.3 Å².